The zero-order valence-corrected chi connectivity index (χ0v) is 14.8. The van der Waals surface area contributed by atoms with Crippen LogP contribution in [0.3, 0.4) is 0 Å². The standard InChI is InChI=1S/C18H26F3N3O/c1-3-7-22-17(25)14(2)24-10-8-23(9-11-24)13-15-5-4-6-16(12-15)18(19,20)21/h4-6,12,14H,3,7-11,13H2,1-2H3,(H,22,25). The Morgan fingerprint density at radius 2 is 1.92 bits per heavy atom. The molecular formula is C18H26F3N3O. The average Bonchev–Trinajstić information content (AvgIpc) is 2.59. The molecule has 0 aliphatic carbocycles. The fourth-order valence-corrected chi connectivity index (χ4v) is 2.97. The van der Waals surface area contributed by atoms with Gasteiger partial charge < -0.3 is 5.32 Å². The highest BCUT2D eigenvalue weighted by Gasteiger charge is 2.30. The third-order valence-corrected chi connectivity index (χ3v) is 4.54. The first kappa shape index (κ1) is 19.7. The largest absolute Gasteiger partial charge is 0.416 e. The third-order valence-electron chi connectivity index (χ3n) is 4.54. The summed E-state index contributed by atoms with van der Waals surface area (Å²) in [6.45, 7) is 8.03. The van der Waals surface area contributed by atoms with Crippen LogP contribution in [0.2, 0.25) is 0 Å². The van der Waals surface area contributed by atoms with Crippen LogP contribution in [0.25, 0.3) is 0 Å². The second-order valence-electron chi connectivity index (χ2n) is 6.48. The van der Waals surface area contributed by atoms with Crippen molar-refractivity contribution in [1.29, 1.82) is 0 Å². The normalized spacial score (nSPS) is 18.1. The number of halogens is 3. The zero-order valence-electron chi connectivity index (χ0n) is 14.8. The topological polar surface area (TPSA) is 35.6 Å². The monoisotopic (exact) mass is 357 g/mol. The first-order valence-corrected chi connectivity index (χ1v) is 8.71. The van der Waals surface area contributed by atoms with Gasteiger partial charge in [0.25, 0.3) is 0 Å². The molecule has 1 aliphatic rings. The molecule has 4 nitrogen and oxygen atoms in total. The molecule has 0 spiro atoms. The molecule has 0 radical (unpaired) electrons. The van der Waals surface area contributed by atoms with E-state index in [1.54, 1.807) is 6.07 Å². The van der Waals surface area contributed by atoms with Gasteiger partial charge in [-0.05, 0) is 25.0 Å². The fraction of sp³-hybridized carbons (Fsp3) is 0.611. The Labute approximate surface area is 147 Å². The predicted molar refractivity (Wildman–Crippen MR) is 91.1 cm³/mol. The van der Waals surface area contributed by atoms with Gasteiger partial charge in [0.2, 0.25) is 5.91 Å². The summed E-state index contributed by atoms with van der Waals surface area (Å²) in [5, 5.41) is 2.90. The molecule has 1 amide bonds. The Hall–Kier alpha value is -1.60. The smallest absolute Gasteiger partial charge is 0.355 e. The number of carbonyl (C=O) groups is 1. The zero-order chi connectivity index (χ0) is 18.4. The van der Waals surface area contributed by atoms with E-state index >= 15 is 0 Å². The minimum atomic E-state index is -4.31. The SMILES string of the molecule is CCCNC(=O)C(C)N1CCN(Cc2cccc(C(F)(F)F)c2)CC1. The van der Waals surface area contributed by atoms with Gasteiger partial charge in [0.1, 0.15) is 0 Å². The van der Waals surface area contributed by atoms with Gasteiger partial charge in [0.05, 0.1) is 11.6 Å². The molecule has 7 heteroatoms. The molecule has 25 heavy (non-hydrogen) atoms. The van der Waals surface area contributed by atoms with Crippen LogP contribution in [0.1, 0.15) is 31.4 Å². The molecule has 1 unspecified atom stereocenters. The van der Waals surface area contributed by atoms with Gasteiger partial charge >= 0.3 is 6.18 Å². The molecule has 1 aliphatic heterocycles. The summed E-state index contributed by atoms with van der Waals surface area (Å²) in [4.78, 5) is 16.3. The van der Waals surface area contributed by atoms with E-state index in [2.05, 4.69) is 15.1 Å². The van der Waals surface area contributed by atoms with Crippen LogP contribution in [0.5, 0.6) is 0 Å². The predicted octanol–water partition coefficient (Wildman–Crippen LogP) is 2.74. The number of hydrogen-bond acceptors (Lipinski definition) is 3. The Kier molecular flexibility index (Phi) is 6.84. The summed E-state index contributed by atoms with van der Waals surface area (Å²) in [6.07, 6.45) is -3.40. The Morgan fingerprint density at radius 1 is 1.24 bits per heavy atom. The summed E-state index contributed by atoms with van der Waals surface area (Å²) in [7, 11) is 0. The number of piperazine rings is 1. The van der Waals surface area contributed by atoms with Gasteiger partial charge in [-0.3, -0.25) is 14.6 Å². The van der Waals surface area contributed by atoms with Crippen molar-refractivity contribution in [3.8, 4) is 0 Å². The summed E-state index contributed by atoms with van der Waals surface area (Å²) in [6, 6.07) is 5.31. The lowest BCUT2D eigenvalue weighted by Crippen LogP contribution is -2.53. The maximum Gasteiger partial charge on any atom is 0.416 e. The lowest BCUT2D eigenvalue weighted by atomic mass is 10.1. The number of nitrogens with zero attached hydrogens (tertiary/aromatic N) is 2. The molecule has 1 atom stereocenters. The lowest BCUT2D eigenvalue weighted by Gasteiger charge is -2.37. The van der Waals surface area contributed by atoms with Crippen molar-refractivity contribution in [1.82, 2.24) is 15.1 Å². The van der Waals surface area contributed by atoms with E-state index in [0.29, 0.717) is 18.7 Å². The fourth-order valence-electron chi connectivity index (χ4n) is 2.97. The number of amides is 1. The van der Waals surface area contributed by atoms with Gasteiger partial charge in [-0.2, -0.15) is 13.2 Å². The van der Waals surface area contributed by atoms with Crippen molar-refractivity contribution in [2.75, 3.05) is 32.7 Å². The molecule has 1 heterocycles. The van der Waals surface area contributed by atoms with Crippen LogP contribution in [-0.4, -0.2) is 54.5 Å². The van der Waals surface area contributed by atoms with E-state index in [9.17, 15) is 18.0 Å². The number of nitrogens with one attached hydrogen (secondary N) is 1. The molecule has 2 rings (SSSR count). The third kappa shape index (κ3) is 5.71. The maximum absolute atomic E-state index is 12.8. The van der Waals surface area contributed by atoms with E-state index < -0.39 is 11.7 Å². The van der Waals surface area contributed by atoms with E-state index in [1.165, 1.54) is 12.1 Å². The van der Waals surface area contributed by atoms with Gasteiger partial charge in [-0.1, -0.05) is 25.1 Å². The number of hydrogen-bond donors (Lipinski definition) is 1. The highest BCUT2D eigenvalue weighted by molar-refractivity contribution is 5.81. The second-order valence-corrected chi connectivity index (χ2v) is 6.48. The van der Waals surface area contributed by atoms with Crippen LogP contribution in [0.15, 0.2) is 24.3 Å². The molecule has 0 saturated carbocycles. The highest BCUT2D eigenvalue weighted by atomic mass is 19.4. The molecule has 1 fully saturated rings. The van der Waals surface area contributed by atoms with E-state index in [4.69, 9.17) is 0 Å². The summed E-state index contributed by atoms with van der Waals surface area (Å²) in [5.41, 5.74) is 0.0573. The Balaban J connectivity index is 1.85. The van der Waals surface area contributed by atoms with Crippen LogP contribution in [-0.2, 0) is 17.5 Å². The molecule has 1 aromatic carbocycles. The average molecular weight is 357 g/mol. The minimum absolute atomic E-state index is 0.0354. The van der Waals surface area contributed by atoms with Gasteiger partial charge in [-0.15, -0.1) is 0 Å². The van der Waals surface area contributed by atoms with Crippen LogP contribution >= 0.6 is 0 Å². The van der Waals surface area contributed by atoms with Crippen LogP contribution in [0, 0.1) is 0 Å². The van der Waals surface area contributed by atoms with Crippen molar-refractivity contribution in [3.05, 3.63) is 35.4 Å². The first-order chi connectivity index (χ1) is 11.8. The molecule has 0 aromatic heterocycles. The lowest BCUT2D eigenvalue weighted by molar-refractivity contribution is -0.137. The van der Waals surface area contributed by atoms with E-state index in [1.807, 2.05) is 13.8 Å². The second kappa shape index (κ2) is 8.67. The first-order valence-electron chi connectivity index (χ1n) is 8.71. The van der Waals surface area contributed by atoms with Crippen molar-refractivity contribution in [3.63, 3.8) is 0 Å². The van der Waals surface area contributed by atoms with Crippen LogP contribution < -0.4 is 5.32 Å². The molecule has 1 N–H and O–H groups in total. The van der Waals surface area contributed by atoms with Crippen molar-refractivity contribution >= 4 is 5.91 Å². The minimum Gasteiger partial charge on any atom is -0.355 e. The number of carbonyl (C=O) groups excluding carboxylic acids is 1. The molecule has 1 aromatic rings. The van der Waals surface area contributed by atoms with Crippen LogP contribution in [0.4, 0.5) is 13.2 Å². The summed E-state index contributed by atoms with van der Waals surface area (Å²) in [5.74, 6) is 0.0354. The molecule has 1 saturated heterocycles. The number of benzene rings is 1. The number of rotatable bonds is 6. The van der Waals surface area contributed by atoms with Crippen molar-refractivity contribution in [2.45, 2.75) is 39.0 Å². The molecule has 0 bridgehead atoms. The Morgan fingerprint density at radius 3 is 2.52 bits per heavy atom. The Bertz CT molecular complexity index is 569. The molecular weight excluding hydrogens is 331 g/mol. The van der Waals surface area contributed by atoms with Gasteiger partial charge in [0, 0.05) is 39.3 Å². The highest BCUT2D eigenvalue weighted by Crippen LogP contribution is 2.29. The van der Waals surface area contributed by atoms with E-state index in [-0.39, 0.29) is 11.9 Å². The van der Waals surface area contributed by atoms with Crippen molar-refractivity contribution < 1.29 is 18.0 Å². The maximum atomic E-state index is 12.8. The number of alkyl halides is 3. The molecule has 140 valence electrons. The van der Waals surface area contributed by atoms with E-state index in [0.717, 1.165) is 38.7 Å². The van der Waals surface area contributed by atoms with Gasteiger partial charge in [0.15, 0.2) is 0 Å². The van der Waals surface area contributed by atoms with Gasteiger partial charge in [-0.25, -0.2) is 0 Å². The van der Waals surface area contributed by atoms with Crippen molar-refractivity contribution in [2.24, 2.45) is 0 Å². The summed E-state index contributed by atoms with van der Waals surface area (Å²) >= 11 is 0. The summed E-state index contributed by atoms with van der Waals surface area (Å²) < 4.78 is 38.4. The quantitative estimate of drug-likeness (QED) is 0.850.